The summed E-state index contributed by atoms with van der Waals surface area (Å²) >= 11 is 0. The standard InChI is InChI=1S/C13H16O2.C8H11NO2/c1-4-6-12(15)11-8-5-7-9(2)13(11)10(3)14;1-5-4-8(2-3-8)7(11)9-6(5)10/h5,7-8H,4,6H2,1-3H3;5H,2-4H2,1H3,(H,9,10,11). The number of hydrogen-bond donors (Lipinski definition) is 1. The summed E-state index contributed by atoms with van der Waals surface area (Å²) in [6, 6.07) is 5.42. The lowest BCUT2D eigenvalue weighted by Gasteiger charge is -2.24. The van der Waals surface area contributed by atoms with Crippen LogP contribution in [0.15, 0.2) is 18.2 Å². The fraction of sp³-hybridized carbons (Fsp3) is 0.524. The molecular weight excluding hydrogens is 330 g/mol. The van der Waals surface area contributed by atoms with E-state index >= 15 is 0 Å². The van der Waals surface area contributed by atoms with Crippen LogP contribution in [0.4, 0.5) is 0 Å². The second-order valence-corrected chi connectivity index (χ2v) is 7.43. The van der Waals surface area contributed by atoms with E-state index in [0.29, 0.717) is 17.5 Å². The first-order chi connectivity index (χ1) is 12.2. The lowest BCUT2D eigenvalue weighted by Crippen LogP contribution is -2.46. The predicted molar refractivity (Wildman–Crippen MR) is 99.0 cm³/mol. The molecule has 1 saturated heterocycles. The van der Waals surface area contributed by atoms with Crippen molar-refractivity contribution in [3.63, 3.8) is 0 Å². The molecule has 0 radical (unpaired) electrons. The normalized spacial score (nSPS) is 20.1. The molecule has 1 N–H and O–H groups in total. The molecule has 1 saturated carbocycles. The molecule has 0 bridgehead atoms. The van der Waals surface area contributed by atoms with Gasteiger partial charge >= 0.3 is 0 Å². The van der Waals surface area contributed by atoms with Gasteiger partial charge in [-0.05, 0) is 45.1 Å². The molecule has 26 heavy (non-hydrogen) atoms. The van der Waals surface area contributed by atoms with Crippen LogP contribution in [0.25, 0.3) is 0 Å². The number of carbonyl (C=O) groups is 4. The number of rotatable bonds is 4. The largest absolute Gasteiger partial charge is 0.296 e. The summed E-state index contributed by atoms with van der Waals surface area (Å²) in [5.74, 6) is -0.0951. The van der Waals surface area contributed by atoms with Crippen molar-refractivity contribution < 1.29 is 19.2 Å². The van der Waals surface area contributed by atoms with Gasteiger partial charge in [-0.25, -0.2) is 0 Å². The summed E-state index contributed by atoms with van der Waals surface area (Å²) < 4.78 is 0. The predicted octanol–water partition coefficient (Wildman–Crippen LogP) is 3.63. The highest BCUT2D eigenvalue weighted by atomic mass is 16.2. The van der Waals surface area contributed by atoms with Crippen molar-refractivity contribution in [3.8, 4) is 0 Å². The average Bonchev–Trinajstić information content (AvgIpc) is 3.34. The SMILES string of the molecule is CC1CC2(CC2)C(=O)NC1=O.CCCC(=O)c1cccc(C)c1C(C)=O. The lowest BCUT2D eigenvalue weighted by atomic mass is 9.88. The third-order valence-corrected chi connectivity index (χ3v) is 5.12. The molecule has 1 aromatic carbocycles. The Kier molecular flexibility index (Phi) is 6.11. The Bertz CT molecular complexity index is 746. The van der Waals surface area contributed by atoms with Crippen LogP contribution in [-0.2, 0) is 9.59 Å². The molecule has 1 heterocycles. The summed E-state index contributed by atoms with van der Waals surface area (Å²) in [6.07, 6.45) is 4.01. The van der Waals surface area contributed by atoms with Crippen LogP contribution in [0.3, 0.4) is 0 Å². The first kappa shape index (κ1) is 20.0. The van der Waals surface area contributed by atoms with E-state index in [1.54, 1.807) is 6.07 Å². The van der Waals surface area contributed by atoms with E-state index in [0.717, 1.165) is 31.2 Å². The number of piperidine rings is 1. The quantitative estimate of drug-likeness (QED) is 0.659. The topological polar surface area (TPSA) is 80.3 Å². The van der Waals surface area contributed by atoms with Crippen molar-refractivity contribution in [2.75, 3.05) is 0 Å². The summed E-state index contributed by atoms with van der Waals surface area (Å²) in [5.41, 5.74) is 1.90. The number of Topliss-reactive ketones (excluding diaryl/α,β-unsaturated/α-hetero) is 2. The number of benzene rings is 1. The van der Waals surface area contributed by atoms with E-state index in [1.165, 1.54) is 6.92 Å². The highest BCUT2D eigenvalue weighted by Gasteiger charge is 2.54. The van der Waals surface area contributed by atoms with Crippen molar-refractivity contribution in [1.82, 2.24) is 5.32 Å². The van der Waals surface area contributed by atoms with Crippen molar-refractivity contribution >= 4 is 23.4 Å². The minimum atomic E-state index is -0.132. The number of carbonyl (C=O) groups excluding carboxylic acids is 4. The average molecular weight is 357 g/mol. The summed E-state index contributed by atoms with van der Waals surface area (Å²) in [4.78, 5) is 45.4. The Balaban J connectivity index is 0.000000195. The van der Waals surface area contributed by atoms with Crippen LogP contribution in [0.1, 0.15) is 79.2 Å². The molecule has 1 aliphatic carbocycles. The third-order valence-electron chi connectivity index (χ3n) is 5.12. The van der Waals surface area contributed by atoms with Crippen LogP contribution in [0.5, 0.6) is 0 Å². The van der Waals surface area contributed by atoms with Crippen LogP contribution in [0, 0.1) is 18.3 Å². The smallest absolute Gasteiger partial charge is 0.232 e. The van der Waals surface area contributed by atoms with Gasteiger partial charge in [-0.2, -0.15) is 0 Å². The maximum atomic E-state index is 11.8. The monoisotopic (exact) mass is 357 g/mol. The van der Waals surface area contributed by atoms with Gasteiger partial charge in [0.25, 0.3) is 0 Å². The zero-order valence-corrected chi connectivity index (χ0v) is 16.0. The van der Waals surface area contributed by atoms with Crippen molar-refractivity contribution in [3.05, 3.63) is 34.9 Å². The molecule has 0 aromatic heterocycles. The van der Waals surface area contributed by atoms with Crippen LogP contribution in [0.2, 0.25) is 0 Å². The van der Waals surface area contributed by atoms with Gasteiger partial charge in [-0.15, -0.1) is 0 Å². The van der Waals surface area contributed by atoms with Crippen molar-refractivity contribution in [1.29, 1.82) is 0 Å². The Morgan fingerprint density at radius 1 is 1.23 bits per heavy atom. The van der Waals surface area contributed by atoms with E-state index in [-0.39, 0.29) is 34.7 Å². The van der Waals surface area contributed by atoms with Crippen molar-refractivity contribution in [2.24, 2.45) is 11.3 Å². The first-order valence-corrected chi connectivity index (χ1v) is 9.21. The molecule has 1 atom stereocenters. The Morgan fingerprint density at radius 2 is 1.88 bits per heavy atom. The van der Waals surface area contributed by atoms with E-state index in [1.807, 2.05) is 32.9 Å². The molecular formula is C21H27NO4. The van der Waals surface area contributed by atoms with Gasteiger partial charge < -0.3 is 0 Å². The number of hydrogen-bond acceptors (Lipinski definition) is 4. The Hall–Kier alpha value is -2.30. The molecule has 1 spiro atoms. The highest BCUT2D eigenvalue weighted by Crippen LogP contribution is 2.52. The van der Waals surface area contributed by atoms with Gasteiger partial charge in [0, 0.05) is 23.5 Å². The van der Waals surface area contributed by atoms with Crippen LogP contribution >= 0.6 is 0 Å². The van der Waals surface area contributed by atoms with E-state index in [4.69, 9.17) is 0 Å². The lowest BCUT2D eigenvalue weighted by molar-refractivity contribution is -0.140. The molecule has 3 rings (SSSR count). The number of imide groups is 1. The second kappa shape index (κ2) is 7.94. The van der Waals surface area contributed by atoms with Gasteiger partial charge in [0.1, 0.15) is 0 Å². The fourth-order valence-electron chi connectivity index (χ4n) is 3.45. The van der Waals surface area contributed by atoms with Gasteiger partial charge in [-0.3, -0.25) is 24.5 Å². The molecule has 1 unspecified atom stereocenters. The van der Waals surface area contributed by atoms with Gasteiger partial charge in [-0.1, -0.05) is 32.0 Å². The third kappa shape index (κ3) is 4.26. The first-order valence-electron chi connectivity index (χ1n) is 9.21. The van der Waals surface area contributed by atoms with Crippen LogP contribution in [-0.4, -0.2) is 23.4 Å². The second-order valence-electron chi connectivity index (χ2n) is 7.43. The number of ketones is 2. The summed E-state index contributed by atoms with van der Waals surface area (Å²) in [7, 11) is 0. The zero-order valence-electron chi connectivity index (χ0n) is 16.0. The molecule has 5 nitrogen and oxygen atoms in total. The van der Waals surface area contributed by atoms with Crippen molar-refractivity contribution in [2.45, 2.75) is 59.8 Å². The molecule has 5 heteroatoms. The van der Waals surface area contributed by atoms with Gasteiger partial charge in [0.15, 0.2) is 11.6 Å². The number of aryl methyl sites for hydroxylation is 1. The van der Waals surface area contributed by atoms with Gasteiger partial charge in [0.2, 0.25) is 11.8 Å². The molecule has 1 aromatic rings. The maximum absolute atomic E-state index is 11.8. The molecule has 2 aliphatic rings. The van der Waals surface area contributed by atoms with Gasteiger partial charge in [0.05, 0.1) is 5.41 Å². The Labute approximate surface area is 154 Å². The minimum Gasteiger partial charge on any atom is -0.296 e. The van der Waals surface area contributed by atoms with E-state index < -0.39 is 0 Å². The number of amides is 2. The maximum Gasteiger partial charge on any atom is 0.232 e. The highest BCUT2D eigenvalue weighted by molar-refractivity contribution is 6.08. The van der Waals surface area contributed by atoms with Crippen LogP contribution < -0.4 is 5.32 Å². The summed E-state index contributed by atoms with van der Waals surface area (Å²) in [6.45, 7) is 7.20. The molecule has 1 aliphatic heterocycles. The molecule has 2 amide bonds. The molecule has 2 fully saturated rings. The molecule has 140 valence electrons. The summed E-state index contributed by atoms with van der Waals surface area (Å²) in [5, 5.41) is 2.40. The zero-order chi connectivity index (χ0) is 19.5. The fourth-order valence-corrected chi connectivity index (χ4v) is 3.45. The minimum absolute atomic E-state index is 0.0233. The number of nitrogens with one attached hydrogen (secondary N) is 1. The Morgan fingerprint density at radius 3 is 2.42 bits per heavy atom. The van der Waals surface area contributed by atoms with E-state index in [9.17, 15) is 19.2 Å². The van der Waals surface area contributed by atoms with E-state index in [2.05, 4.69) is 5.32 Å².